The van der Waals surface area contributed by atoms with Crippen LogP contribution >= 0.6 is 0 Å². The molecule has 1 aliphatic rings. The minimum atomic E-state index is -3.25. The van der Waals surface area contributed by atoms with Crippen molar-refractivity contribution in [1.82, 2.24) is 9.62 Å². The third-order valence-corrected chi connectivity index (χ3v) is 4.34. The monoisotopic (exact) mass is 311 g/mol. The second-order valence-corrected chi connectivity index (χ2v) is 7.22. The summed E-state index contributed by atoms with van der Waals surface area (Å²) in [7, 11) is -3.25. The van der Waals surface area contributed by atoms with Gasteiger partial charge in [-0.2, -0.15) is 0 Å². The van der Waals surface area contributed by atoms with Crippen molar-refractivity contribution in [3.63, 3.8) is 0 Å². The van der Waals surface area contributed by atoms with E-state index in [0.717, 1.165) is 31.2 Å². The molecule has 0 bridgehead atoms. The molecule has 1 aromatic carbocycles. The lowest BCUT2D eigenvalue weighted by molar-refractivity contribution is -0.124. The van der Waals surface area contributed by atoms with Gasteiger partial charge in [-0.05, 0) is 24.9 Å². The molecule has 1 fully saturated rings. The van der Waals surface area contributed by atoms with Gasteiger partial charge in [0.05, 0.1) is 6.26 Å². The van der Waals surface area contributed by atoms with Crippen molar-refractivity contribution in [1.29, 1.82) is 0 Å². The fraction of sp³-hybridized carbons (Fsp3) is 0.500. The van der Waals surface area contributed by atoms with Crippen molar-refractivity contribution < 1.29 is 13.2 Å². The highest BCUT2D eigenvalue weighted by atomic mass is 32.2. The number of likely N-dealkylation sites (tertiary alicyclic amines) is 1. The topological polar surface area (TPSA) is 92.5 Å². The lowest BCUT2D eigenvalue weighted by Gasteiger charge is -2.37. The summed E-state index contributed by atoms with van der Waals surface area (Å²) >= 11 is 0. The van der Waals surface area contributed by atoms with Gasteiger partial charge >= 0.3 is 0 Å². The first-order valence-electron chi connectivity index (χ1n) is 6.92. The van der Waals surface area contributed by atoms with E-state index in [2.05, 4.69) is 4.72 Å². The molecule has 0 unspecified atom stereocenters. The smallest absolute Gasteiger partial charge is 0.239 e. The molecule has 21 heavy (non-hydrogen) atoms. The molecular weight excluding hydrogens is 290 g/mol. The lowest BCUT2D eigenvalue weighted by atomic mass is 9.99. The molecule has 1 amide bonds. The third kappa shape index (κ3) is 4.52. The van der Waals surface area contributed by atoms with E-state index in [1.807, 2.05) is 35.2 Å². The highest BCUT2D eigenvalue weighted by molar-refractivity contribution is 7.88. The number of nitrogens with two attached hydrogens (primary N) is 1. The number of nitrogens with zero attached hydrogens (tertiary/aromatic N) is 1. The zero-order chi connectivity index (χ0) is 15.5. The van der Waals surface area contributed by atoms with E-state index in [1.165, 1.54) is 0 Å². The second kappa shape index (κ2) is 6.55. The average molecular weight is 311 g/mol. The Morgan fingerprint density at radius 2 is 2.05 bits per heavy atom. The predicted octanol–water partition coefficient (Wildman–Crippen LogP) is 0.227. The first-order chi connectivity index (χ1) is 9.87. The van der Waals surface area contributed by atoms with Crippen LogP contribution in [-0.4, -0.2) is 44.6 Å². The minimum absolute atomic E-state index is 0.181. The molecule has 1 aliphatic heterocycles. The Kier molecular flexibility index (Phi) is 4.97. The molecule has 1 saturated heterocycles. The minimum Gasteiger partial charge on any atom is -0.368 e. The Morgan fingerprint density at radius 3 is 2.62 bits per heavy atom. The molecule has 0 saturated carbocycles. The molecular formula is C14H21N3O3S. The molecule has 0 aromatic heterocycles. The summed E-state index contributed by atoms with van der Waals surface area (Å²) in [6.45, 7) is 1.21. The van der Waals surface area contributed by atoms with Gasteiger partial charge in [-0.1, -0.05) is 30.3 Å². The van der Waals surface area contributed by atoms with Crippen LogP contribution in [0.5, 0.6) is 0 Å². The highest BCUT2D eigenvalue weighted by Crippen LogP contribution is 2.24. The van der Waals surface area contributed by atoms with E-state index in [0.29, 0.717) is 6.54 Å². The Hall–Kier alpha value is -1.44. The maximum Gasteiger partial charge on any atom is 0.239 e. The fourth-order valence-corrected chi connectivity index (χ4v) is 3.63. The summed E-state index contributed by atoms with van der Waals surface area (Å²) in [6.07, 6.45) is 2.74. The molecule has 1 aromatic rings. The fourth-order valence-electron chi connectivity index (χ4n) is 2.83. The quantitative estimate of drug-likeness (QED) is 0.814. The van der Waals surface area contributed by atoms with Gasteiger partial charge in [-0.25, -0.2) is 13.1 Å². The van der Waals surface area contributed by atoms with Gasteiger partial charge in [0.25, 0.3) is 0 Å². The first-order valence-corrected chi connectivity index (χ1v) is 8.81. The number of rotatable bonds is 5. The number of benzene rings is 1. The van der Waals surface area contributed by atoms with Crippen molar-refractivity contribution in [2.75, 3.05) is 19.3 Å². The van der Waals surface area contributed by atoms with Gasteiger partial charge in [-0.15, -0.1) is 0 Å². The van der Waals surface area contributed by atoms with Gasteiger partial charge < -0.3 is 5.73 Å². The number of carbonyl (C=O) groups excluding carboxylic acids is 1. The summed E-state index contributed by atoms with van der Waals surface area (Å²) in [5.41, 5.74) is 6.39. The third-order valence-electron chi connectivity index (χ3n) is 3.58. The molecule has 6 nitrogen and oxygen atoms in total. The van der Waals surface area contributed by atoms with Gasteiger partial charge in [-0.3, -0.25) is 9.69 Å². The molecule has 0 spiro atoms. The lowest BCUT2D eigenvalue weighted by Crippen LogP contribution is -2.50. The van der Waals surface area contributed by atoms with Gasteiger partial charge in [0, 0.05) is 12.6 Å². The van der Waals surface area contributed by atoms with Crippen molar-refractivity contribution in [3.8, 4) is 0 Å². The van der Waals surface area contributed by atoms with E-state index < -0.39 is 22.0 Å². The van der Waals surface area contributed by atoms with Crippen LogP contribution in [0.2, 0.25) is 0 Å². The Balaban J connectivity index is 2.16. The van der Waals surface area contributed by atoms with Crippen LogP contribution in [0.15, 0.2) is 30.3 Å². The van der Waals surface area contributed by atoms with Crippen molar-refractivity contribution >= 4 is 15.9 Å². The Bertz CT molecular complexity index is 589. The number of primary amides is 1. The number of carbonyl (C=O) groups is 1. The summed E-state index contributed by atoms with van der Waals surface area (Å²) < 4.78 is 25.3. The maximum atomic E-state index is 11.8. The van der Waals surface area contributed by atoms with Crippen molar-refractivity contribution in [3.05, 3.63) is 35.9 Å². The largest absolute Gasteiger partial charge is 0.368 e. The molecule has 7 heteroatoms. The van der Waals surface area contributed by atoms with E-state index in [-0.39, 0.29) is 6.04 Å². The number of amides is 1. The van der Waals surface area contributed by atoms with Crippen LogP contribution in [0.1, 0.15) is 24.4 Å². The molecule has 2 rings (SSSR count). The summed E-state index contributed by atoms with van der Waals surface area (Å²) in [6, 6.07) is 8.63. The van der Waals surface area contributed by atoms with Gasteiger partial charge in [0.1, 0.15) is 6.04 Å². The molecule has 0 radical (unpaired) electrons. The maximum absolute atomic E-state index is 11.8. The molecule has 2 atom stereocenters. The average Bonchev–Trinajstić information content (AvgIpc) is 2.38. The Morgan fingerprint density at radius 1 is 1.38 bits per heavy atom. The molecule has 116 valence electrons. The summed E-state index contributed by atoms with van der Waals surface area (Å²) in [4.78, 5) is 13.8. The van der Waals surface area contributed by atoms with E-state index in [9.17, 15) is 13.2 Å². The van der Waals surface area contributed by atoms with E-state index >= 15 is 0 Å². The van der Waals surface area contributed by atoms with Crippen molar-refractivity contribution in [2.45, 2.75) is 24.9 Å². The number of hydrogen-bond donors (Lipinski definition) is 2. The first kappa shape index (κ1) is 15.9. The summed E-state index contributed by atoms with van der Waals surface area (Å²) in [5.74, 6) is -0.416. The zero-order valence-corrected chi connectivity index (χ0v) is 12.8. The molecule has 3 N–H and O–H groups in total. The van der Waals surface area contributed by atoms with Crippen LogP contribution in [0, 0.1) is 0 Å². The highest BCUT2D eigenvalue weighted by Gasteiger charge is 2.31. The van der Waals surface area contributed by atoms with E-state index in [1.54, 1.807) is 0 Å². The normalized spacial score (nSPS) is 21.9. The second-order valence-electron chi connectivity index (χ2n) is 5.44. The van der Waals surface area contributed by atoms with Gasteiger partial charge in [0.15, 0.2) is 0 Å². The molecule has 1 heterocycles. The van der Waals surface area contributed by atoms with Gasteiger partial charge in [0.2, 0.25) is 15.9 Å². The number of piperidine rings is 1. The van der Waals surface area contributed by atoms with Crippen LogP contribution < -0.4 is 10.5 Å². The molecule has 0 aliphatic carbocycles. The zero-order valence-electron chi connectivity index (χ0n) is 12.0. The number of hydrogen-bond acceptors (Lipinski definition) is 4. The standard InChI is InChI=1S/C14H21N3O3S/c1-21(19,20)16-12-8-5-9-17(10-12)13(14(15)18)11-6-3-2-4-7-11/h2-4,6-7,12-13,16H,5,8-10H2,1H3,(H2,15,18)/t12-,13-/m0/s1. The van der Waals surface area contributed by atoms with Crippen LogP contribution in [0.3, 0.4) is 0 Å². The van der Waals surface area contributed by atoms with Crippen LogP contribution in [0.25, 0.3) is 0 Å². The summed E-state index contributed by atoms with van der Waals surface area (Å²) in [5, 5.41) is 0. The number of nitrogens with one attached hydrogen (secondary N) is 1. The SMILES string of the molecule is CS(=O)(=O)N[C@H]1CCCN([C@H](C(N)=O)c2ccccc2)C1. The number of sulfonamides is 1. The Labute approximate surface area is 125 Å². The van der Waals surface area contributed by atoms with Crippen LogP contribution in [-0.2, 0) is 14.8 Å². The van der Waals surface area contributed by atoms with Crippen molar-refractivity contribution in [2.24, 2.45) is 5.73 Å². The predicted molar refractivity (Wildman–Crippen MR) is 81.0 cm³/mol. The van der Waals surface area contributed by atoms with E-state index in [4.69, 9.17) is 5.73 Å². The van der Waals surface area contributed by atoms with Crippen LogP contribution in [0.4, 0.5) is 0 Å².